The second-order valence-electron chi connectivity index (χ2n) is 11.7. The molecular formula is C30H50O. The molecule has 0 spiro atoms. The van der Waals surface area contributed by atoms with Crippen LogP contribution in [-0.4, -0.2) is 5.11 Å². The molecule has 2 atom stereocenters. The summed E-state index contributed by atoms with van der Waals surface area (Å²) in [5, 5.41) is 11.9. The van der Waals surface area contributed by atoms with Crippen LogP contribution in [0.3, 0.4) is 0 Å². The van der Waals surface area contributed by atoms with Gasteiger partial charge in [0.2, 0.25) is 0 Å². The lowest BCUT2D eigenvalue weighted by Gasteiger charge is -2.48. The SMILES string of the molecule is C=C(CCC)c1c(CCC)c(C(C)(C)C)c(O)c2c1CC(CCC)C(CCC)C2(C)C. The Morgan fingerprint density at radius 1 is 1.00 bits per heavy atom. The van der Waals surface area contributed by atoms with E-state index in [0.717, 1.165) is 32.1 Å². The van der Waals surface area contributed by atoms with Gasteiger partial charge in [0.25, 0.3) is 0 Å². The number of fused-ring (bicyclic) bond motifs is 1. The Labute approximate surface area is 193 Å². The Hall–Kier alpha value is -1.24. The van der Waals surface area contributed by atoms with Gasteiger partial charge in [0.05, 0.1) is 0 Å². The molecule has 0 radical (unpaired) electrons. The summed E-state index contributed by atoms with van der Waals surface area (Å²) in [4.78, 5) is 0. The Balaban J connectivity index is 2.98. The van der Waals surface area contributed by atoms with E-state index in [4.69, 9.17) is 0 Å². The molecule has 2 rings (SSSR count). The normalized spacial score (nSPS) is 20.5. The van der Waals surface area contributed by atoms with Crippen molar-refractivity contribution in [3.05, 3.63) is 34.4 Å². The van der Waals surface area contributed by atoms with Crippen LogP contribution in [0.2, 0.25) is 0 Å². The third-order valence-electron chi connectivity index (χ3n) is 7.70. The van der Waals surface area contributed by atoms with Gasteiger partial charge in [0, 0.05) is 11.1 Å². The zero-order valence-electron chi connectivity index (χ0n) is 22.2. The number of allylic oxidation sites excluding steroid dienone is 1. The van der Waals surface area contributed by atoms with E-state index >= 15 is 0 Å². The standard InChI is InChI=1S/C30H50O/c1-11-15-20(5)25-22(17-13-3)26(29(6,7)8)28(31)27-23(25)19-21(16-12-2)24(18-14-4)30(27,9)10/h21,24,31H,5,11-19H2,1-4,6-10H3. The van der Waals surface area contributed by atoms with Crippen molar-refractivity contribution >= 4 is 5.57 Å². The Kier molecular flexibility index (Phi) is 8.51. The lowest BCUT2D eigenvalue weighted by Crippen LogP contribution is -2.41. The molecule has 176 valence electrons. The number of hydrogen-bond donors (Lipinski definition) is 1. The third-order valence-corrected chi connectivity index (χ3v) is 7.70. The smallest absolute Gasteiger partial charge is 0.123 e. The molecule has 0 saturated heterocycles. The summed E-state index contributed by atoms with van der Waals surface area (Å²) in [6, 6.07) is 0. The molecule has 1 aromatic rings. The van der Waals surface area contributed by atoms with Gasteiger partial charge in [-0.25, -0.2) is 0 Å². The summed E-state index contributed by atoms with van der Waals surface area (Å²) in [5.41, 5.74) is 7.82. The van der Waals surface area contributed by atoms with E-state index in [9.17, 15) is 5.11 Å². The van der Waals surface area contributed by atoms with Gasteiger partial charge in [-0.2, -0.15) is 0 Å². The second-order valence-corrected chi connectivity index (χ2v) is 11.7. The zero-order valence-corrected chi connectivity index (χ0v) is 22.2. The van der Waals surface area contributed by atoms with Crippen molar-refractivity contribution in [2.45, 2.75) is 131 Å². The Bertz CT molecular complexity index is 775. The van der Waals surface area contributed by atoms with Gasteiger partial charge in [-0.1, -0.05) is 101 Å². The van der Waals surface area contributed by atoms with Crippen LogP contribution in [0.5, 0.6) is 5.75 Å². The van der Waals surface area contributed by atoms with Crippen molar-refractivity contribution in [3.8, 4) is 5.75 Å². The fraction of sp³-hybridized carbons (Fsp3) is 0.733. The summed E-state index contributed by atoms with van der Waals surface area (Å²) < 4.78 is 0. The highest BCUT2D eigenvalue weighted by molar-refractivity contribution is 5.76. The van der Waals surface area contributed by atoms with Crippen LogP contribution < -0.4 is 0 Å². The molecule has 0 amide bonds. The predicted molar refractivity (Wildman–Crippen MR) is 138 cm³/mol. The molecule has 1 aliphatic carbocycles. The molecular weight excluding hydrogens is 376 g/mol. The Morgan fingerprint density at radius 3 is 2.10 bits per heavy atom. The van der Waals surface area contributed by atoms with E-state index in [1.165, 1.54) is 59.1 Å². The molecule has 0 heterocycles. The molecule has 1 aliphatic rings. The summed E-state index contributed by atoms with van der Waals surface area (Å²) in [6.07, 6.45) is 10.3. The van der Waals surface area contributed by atoms with Crippen molar-refractivity contribution in [3.63, 3.8) is 0 Å². The van der Waals surface area contributed by atoms with E-state index in [0.29, 0.717) is 17.6 Å². The monoisotopic (exact) mass is 426 g/mol. The topological polar surface area (TPSA) is 20.2 Å². The lowest BCUT2D eigenvalue weighted by molar-refractivity contribution is 0.161. The molecule has 1 nitrogen and oxygen atoms in total. The van der Waals surface area contributed by atoms with Crippen molar-refractivity contribution in [1.29, 1.82) is 0 Å². The van der Waals surface area contributed by atoms with E-state index in [-0.39, 0.29) is 10.8 Å². The number of benzene rings is 1. The van der Waals surface area contributed by atoms with Crippen LogP contribution in [0.4, 0.5) is 0 Å². The van der Waals surface area contributed by atoms with Crippen LogP contribution in [0, 0.1) is 11.8 Å². The van der Waals surface area contributed by atoms with Crippen molar-refractivity contribution in [1.82, 2.24) is 0 Å². The third kappa shape index (κ3) is 4.91. The van der Waals surface area contributed by atoms with Crippen LogP contribution in [0.1, 0.15) is 135 Å². The molecule has 0 saturated carbocycles. The first-order chi connectivity index (χ1) is 14.5. The summed E-state index contributed by atoms with van der Waals surface area (Å²) >= 11 is 0. The maximum Gasteiger partial charge on any atom is 0.123 e. The minimum atomic E-state index is -0.0958. The quantitative estimate of drug-likeness (QED) is 0.417. The van der Waals surface area contributed by atoms with Crippen LogP contribution >= 0.6 is 0 Å². The van der Waals surface area contributed by atoms with Gasteiger partial charge < -0.3 is 5.11 Å². The minimum absolute atomic E-state index is 0.0283. The number of hydrogen-bond acceptors (Lipinski definition) is 1. The fourth-order valence-electron chi connectivity index (χ4n) is 6.66. The average Bonchev–Trinajstić information content (AvgIpc) is 2.64. The molecule has 1 aromatic carbocycles. The number of rotatable bonds is 9. The van der Waals surface area contributed by atoms with Crippen LogP contribution in [0.25, 0.3) is 5.57 Å². The van der Waals surface area contributed by atoms with Gasteiger partial charge in [-0.15, -0.1) is 0 Å². The van der Waals surface area contributed by atoms with Crippen molar-refractivity contribution in [2.75, 3.05) is 0 Å². The highest BCUT2D eigenvalue weighted by atomic mass is 16.3. The molecule has 1 N–H and O–H groups in total. The predicted octanol–water partition coefficient (Wildman–Crippen LogP) is 9.12. The molecule has 0 bridgehead atoms. The lowest BCUT2D eigenvalue weighted by atomic mass is 9.56. The van der Waals surface area contributed by atoms with Crippen molar-refractivity contribution < 1.29 is 5.11 Å². The van der Waals surface area contributed by atoms with Gasteiger partial charge >= 0.3 is 0 Å². The minimum Gasteiger partial charge on any atom is -0.507 e. The highest BCUT2D eigenvalue weighted by Crippen LogP contribution is 2.55. The van der Waals surface area contributed by atoms with Gasteiger partial charge in [0.1, 0.15) is 5.75 Å². The van der Waals surface area contributed by atoms with Gasteiger partial charge in [-0.3, -0.25) is 0 Å². The molecule has 1 heteroatoms. The van der Waals surface area contributed by atoms with E-state index in [2.05, 4.69) is 68.9 Å². The number of phenols is 1. The van der Waals surface area contributed by atoms with Crippen LogP contribution in [-0.2, 0) is 23.7 Å². The van der Waals surface area contributed by atoms with Gasteiger partial charge in [0.15, 0.2) is 0 Å². The molecule has 0 aliphatic heterocycles. The fourth-order valence-corrected chi connectivity index (χ4v) is 6.66. The molecule has 2 unspecified atom stereocenters. The van der Waals surface area contributed by atoms with E-state index in [1.54, 1.807) is 0 Å². The zero-order chi connectivity index (χ0) is 23.6. The summed E-state index contributed by atoms with van der Waals surface area (Å²) in [7, 11) is 0. The molecule has 0 aromatic heterocycles. The largest absolute Gasteiger partial charge is 0.507 e. The maximum absolute atomic E-state index is 11.9. The average molecular weight is 427 g/mol. The maximum atomic E-state index is 11.9. The summed E-state index contributed by atoms with van der Waals surface area (Å²) in [6.45, 7) is 25.4. The number of aromatic hydroxyl groups is 1. The summed E-state index contributed by atoms with van der Waals surface area (Å²) in [5.74, 6) is 1.91. The molecule has 0 fully saturated rings. The first-order valence-corrected chi connectivity index (χ1v) is 13.1. The van der Waals surface area contributed by atoms with Crippen LogP contribution in [0.15, 0.2) is 6.58 Å². The van der Waals surface area contributed by atoms with E-state index < -0.39 is 0 Å². The van der Waals surface area contributed by atoms with Crippen molar-refractivity contribution in [2.24, 2.45) is 11.8 Å². The number of phenolic OH excluding ortho intramolecular Hbond substituents is 1. The highest BCUT2D eigenvalue weighted by Gasteiger charge is 2.46. The van der Waals surface area contributed by atoms with Gasteiger partial charge in [-0.05, 0) is 70.6 Å². The second kappa shape index (κ2) is 10.1. The first-order valence-electron chi connectivity index (χ1n) is 13.1. The molecule has 31 heavy (non-hydrogen) atoms. The Morgan fingerprint density at radius 2 is 1.61 bits per heavy atom. The van der Waals surface area contributed by atoms with E-state index in [1.807, 2.05) is 0 Å². The first kappa shape index (κ1) is 26.0.